The predicted molar refractivity (Wildman–Crippen MR) is 145 cm³/mol. The zero-order chi connectivity index (χ0) is 26.4. The molecule has 0 spiro atoms. The molecule has 0 fully saturated rings. The lowest BCUT2D eigenvalue weighted by Crippen LogP contribution is -2.37. The Morgan fingerprint density at radius 3 is 2.29 bits per heavy atom. The first-order valence-electron chi connectivity index (χ1n) is 12.9. The molecule has 0 heterocycles. The van der Waals surface area contributed by atoms with Crippen LogP contribution >= 0.6 is 0 Å². The third-order valence-corrected chi connectivity index (χ3v) is 6.41. The average molecular weight is 489 g/mol. The van der Waals surface area contributed by atoms with E-state index in [1.165, 1.54) is 5.57 Å². The molecule has 0 radical (unpaired) electrons. The van der Waals surface area contributed by atoms with Gasteiger partial charge in [0.05, 0.1) is 19.8 Å². The van der Waals surface area contributed by atoms with Crippen molar-refractivity contribution in [3.05, 3.63) is 47.1 Å². The maximum absolute atomic E-state index is 12.9. The fraction of sp³-hybridized carbons (Fsp3) is 0.621. The van der Waals surface area contributed by atoms with E-state index >= 15 is 0 Å². The van der Waals surface area contributed by atoms with Gasteiger partial charge in [0.15, 0.2) is 11.5 Å². The van der Waals surface area contributed by atoms with Crippen molar-refractivity contribution in [2.75, 3.05) is 40.5 Å². The predicted octanol–water partition coefficient (Wildman–Crippen LogP) is 5.92. The molecule has 6 heteroatoms. The molecule has 0 aliphatic rings. The van der Waals surface area contributed by atoms with Crippen molar-refractivity contribution >= 4 is 5.91 Å². The monoisotopic (exact) mass is 488 g/mol. The van der Waals surface area contributed by atoms with Crippen molar-refractivity contribution in [3.63, 3.8) is 0 Å². The molecule has 0 saturated heterocycles. The van der Waals surface area contributed by atoms with Crippen molar-refractivity contribution in [1.29, 1.82) is 0 Å². The summed E-state index contributed by atoms with van der Waals surface area (Å²) in [7, 11) is 3.32. The summed E-state index contributed by atoms with van der Waals surface area (Å²) >= 11 is 0. The van der Waals surface area contributed by atoms with Gasteiger partial charge < -0.3 is 24.8 Å². The molecule has 1 aromatic rings. The summed E-state index contributed by atoms with van der Waals surface area (Å²) in [6.07, 6.45) is 6.57. The molecule has 0 aliphatic carbocycles. The zero-order valence-electron chi connectivity index (χ0n) is 23.2. The lowest BCUT2D eigenvalue weighted by atomic mass is 9.89. The topological polar surface area (TPSA) is 74.0 Å². The summed E-state index contributed by atoms with van der Waals surface area (Å²) in [5.74, 6) is 1.91. The first-order chi connectivity index (χ1) is 16.7. The molecule has 198 valence electrons. The lowest BCUT2D eigenvalue weighted by molar-refractivity contribution is -0.136. The number of hydrogen-bond donors (Lipinski definition) is 1. The van der Waals surface area contributed by atoms with Crippen LogP contribution in [0, 0.1) is 11.8 Å². The Balaban J connectivity index is 2.95. The van der Waals surface area contributed by atoms with Crippen molar-refractivity contribution < 1.29 is 19.0 Å². The van der Waals surface area contributed by atoms with Crippen molar-refractivity contribution in [2.45, 2.75) is 66.8 Å². The van der Waals surface area contributed by atoms with Crippen LogP contribution in [0.3, 0.4) is 0 Å². The molecular weight excluding hydrogens is 440 g/mol. The molecule has 1 unspecified atom stereocenters. The van der Waals surface area contributed by atoms with Gasteiger partial charge >= 0.3 is 0 Å². The van der Waals surface area contributed by atoms with Crippen LogP contribution in [0.2, 0.25) is 0 Å². The minimum absolute atomic E-state index is 0.00520. The van der Waals surface area contributed by atoms with Crippen LogP contribution < -0.4 is 15.2 Å². The number of rotatable bonds is 16. The summed E-state index contributed by atoms with van der Waals surface area (Å²) in [6.45, 7) is 15.2. The van der Waals surface area contributed by atoms with Gasteiger partial charge in [0.2, 0.25) is 5.91 Å². The van der Waals surface area contributed by atoms with Crippen molar-refractivity contribution in [2.24, 2.45) is 17.6 Å². The van der Waals surface area contributed by atoms with Crippen LogP contribution in [-0.4, -0.2) is 51.3 Å². The highest BCUT2D eigenvalue weighted by atomic mass is 16.5. The van der Waals surface area contributed by atoms with Crippen LogP contribution in [0.25, 0.3) is 0 Å². The third kappa shape index (κ3) is 9.69. The number of amides is 1. The van der Waals surface area contributed by atoms with Crippen LogP contribution in [-0.2, 0) is 9.53 Å². The Labute approximate surface area is 213 Å². The maximum atomic E-state index is 12.9. The van der Waals surface area contributed by atoms with E-state index in [4.69, 9.17) is 19.9 Å². The molecule has 0 aromatic heterocycles. The Kier molecular flexibility index (Phi) is 14.4. The number of allylic oxidation sites excluding steroid dienone is 3. The van der Waals surface area contributed by atoms with E-state index in [0.717, 1.165) is 43.5 Å². The van der Waals surface area contributed by atoms with E-state index in [-0.39, 0.29) is 17.9 Å². The van der Waals surface area contributed by atoms with Crippen molar-refractivity contribution in [1.82, 2.24) is 4.90 Å². The fourth-order valence-corrected chi connectivity index (χ4v) is 4.11. The van der Waals surface area contributed by atoms with E-state index in [2.05, 4.69) is 39.8 Å². The summed E-state index contributed by atoms with van der Waals surface area (Å²) in [5.41, 5.74) is 10.1. The SMILES string of the molecule is CCN(CC)C(=O)[C@@H](C/C=C/CC(=C(C)C)C(N)c1ccc(OC)c(OCCCOC)c1)C(C)C. The highest BCUT2D eigenvalue weighted by Gasteiger charge is 2.24. The minimum atomic E-state index is -0.255. The Bertz CT molecular complexity index is 824. The molecule has 1 rings (SSSR count). The average Bonchev–Trinajstić information content (AvgIpc) is 2.83. The maximum Gasteiger partial charge on any atom is 0.226 e. The number of nitrogens with zero attached hydrogens (tertiary/aromatic N) is 1. The third-order valence-electron chi connectivity index (χ3n) is 6.41. The van der Waals surface area contributed by atoms with Gasteiger partial charge in [0.25, 0.3) is 0 Å². The highest BCUT2D eigenvalue weighted by molar-refractivity contribution is 5.79. The van der Waals surface area contributed by atoms with E-state index in [9.17, 15) is 4.79 Å². The molecule has 0 bridgehead atoms. The summed E-state index contributed by atoms with van der Waals surface area (Å²) in [6, 6.07) is 5.62. The van der Waals surface area contributed by atoms with Gasteiger partial charge in [-0.25, -0.2) is 0 Å². The van der Waals surface area contributed by atoms with Crippen LogP contribution in [0.15, 0.2) is 41.5 Å². The summed E-state index contributed by atoms with van der Waals surface area (Å²) < 4.78 is 16.5. The Hall–Kier alpha value is -2.31. The lowest BCUT2D eigenvalue weighted by Gasteiger charge is -2.26. The fourth-order valence-electron chi connectivity index (χ4n) is 4.11. The quantitative estimate of drug-likeness (QED) is 0.231. The molecule has 0 aliphatic heterocycles. The molecular formula is C29H48N2O4. The van der Waals surface area contributed by atoms with E-state index < -0.39 is 0 Å². The second kappa shape index (κ2) is 16.4. The van der Waals surface area contributed by atoms with Gasteiger partial charge in [0, 0.05) is 39.1 Å². The second-order valence-corrected chi connectivity index (χ2v) is 9.38. The number of ether oxygens (including phenoxy) is 3. The number of methoxy groups -OCH3 is 2. The normalized spacial score (nSPS) is 13.1. The molecule has 0 saturated carbocycles. The number of benzene rings is 1. The number of carbonyl (C=O) groups excluding carboxylic acids is 1. The van der Waals surface area contributed by atoms with Gasteiger partial charge in [-0.05, 0) is 69.7 Å². The van der Waals surface area contributed by atoms with Gasteiger partial charge in [-0.2, -0.15) is 0 Å². The number of hydrogen-bond acceptors (Lipinski definition) is 5. The largest absolute Gasteiger partial charge is 0.493 e. The van der Waals surface area contributed by atoms with Gasteiger partial charge in [-0.15, -0.1) is 0 Å². The van der Waals surface area contributed by atoms with Gasteiger partial charge in [-0.3, -0.25) is 4.79 Å². The molecule has 2 atom stereocenters. The Morgan fingerprint density at radius 2 is 1.74 bits per heavy atom. The van der Waals surface area contributed by atoms with E-state index in [0.29, 0.717) is 30.6 Å². The molecule has 1 aromatic carbocycles. The number of carbonyl (C=O) groups is 1. The van der Waals surface area contributed by atoms with Crippen LogP contribution in [0.5, 0.6) is 11.5 Å². The van der Waals surface area contributed by atoms with Crippen molar-refractivity contribution in [3.8, 4) is 11.5 Å². The number of nitrogens with two attached hydrogens (primary N) is 1. The first-order valence-corrected chi connectivity index (χ1v) is 12.9. The van der Waals surface area contributed by atoms with Gasteiger partial charge in [-0.1, -0.05) is 37.6 Å². The molecule has 2 N–H and O–H groups in total. The standard InChI is InChI=1S/C29H48N2O4/c1-9-31(10-2)29(32)25(22(5)6)15-12-11-14-24(21(3)4)28(30)23-16-17-26(34-8)27(20-23)35-19-13-18-33-7/h11-12,16-17,20,22,25,28H,9-10,13-15,18-19,30H2,1-8H3/b12-11+/t25-,28?/m0/s1. The zero-order valence-corrected chi connectivity index (χ0v) is 23.2. The summed E-state index contributed by atoms with van der Waals surface area (Å²) in [5, 5.41) is 0. The minimum Gasteiger partial charge on any atom is -0.493 e. The van der Waals surface area contributed by atoms with E-state index in [1.807, 2.05) is 36.9 Å². The smallest absolute Gasteiger partial charge is 0.226 e. The Morgan fingerprint density at radius 1 is 1.06 bits per heavy atom. The van der Waals surface area contributed by atoms with Crippen LogP contribution in [0.4, 0.5) is 0 Å². The van der Waals surface area contributed by atoms with Gasteiger partial charge in [0.1, 0.15) is 0 Å². The van der Waals surface area contributed by atoms with E-state index in [1.54, 1.807) is 14.2 Å². The van der Waals surface area contributed by atoms with Crippen LogP contribution in [0.1, 0.15) is 72.4 Å². The second-order valence-electron chi connectivity index (χ2n) is 9.38. The molecule has 35 heavy (non-hydrogen) atoms. The first kappa shape index (κ1) is 30.7. The summed E-state index contributed by atoms with van der Waals surface area (Å²) in [4.78, 5) is 14.8. The molecule has 6 nitrogen and oxygen atoms in total. The molecule has 1 amide bonds. The highest BCUT2D eigenvalue weighted by Crippen LogP contribution is 2.33.